The number of benzene rings is 1. The van der Waals surface area contributed by atoms with E-state index >= 15 is 0 Å². The van der Waals surface area contributed by atoms with Gasteiger partial charge in [0.15, 0.2) is 0 Å². The first-order chi connectivity index (χ1) is 13.7. The summed E-state index contributed by atoms with van der Waals surface area (Å²) in [5, 5.41) is 11.8. The standard InChI is InChI=1S/C24H30O5/c1-15-5-10-20(16(2)6-11-22(25)26)24(4,17(15)3)14-28-19-9-7-18-8-12-23(27)29-21(18)13-19/h7-9,12-13,15,17H,5-6,10-11,14H2,1-4H3,(H,25,26)/p-1/t15-,17+,24+/m1/s1. The van der Waals surface area contributed by atoms with E-state index < -0.39 is 5.97 Å². The quantitative estimate of drug-likeness (QED) is 0.542. The topological polar surface area (TPSA) is 79.6 Å². The van der Waals surface area contributed by atoms with Gasteiger partial charge < -0.3 is 19.1 Å². The van der Waals surface area contributed by atoms with Crippen LogP contribution in [0.2, 0.25) is 0 Å². The lowest BCUT2D eigenvalue weighted by molar-refractivity contribution is -0.305. The highest BCUT2D eigenvalue weighted by atomic mass is 16.5. The Bertz CT molecular complexity index is 986. The summed E-state index contributed by atoms with van der Waals surface area (Å²) >= 11 is 0. The van der Waals surface area contributed by atoms with Crippen LogP contribution in [0, 0.1) is 17.3 Å². The third-order valence-electron chi connectivity index (χ3n) is 6.75. The smallest absolute Gasteiger partial charge is 0.336 e. The Kier molecular flexibility index (Phi) is 6.15. The average Bonchev–Trinajstić information content (AvgIpc) is 2.68. The van der Waals surface area contributed by atoms with Gasteiger partial charge in [-0.1, -0.05) is 31.9 Å². The molecule has 0 spiro atoms. The minimum absolute atomic E-state index is 0.0416. The predicted molar refractivity (Wildman–Crippen MR) is 111 cm³/mol. The molecule has 1 aliphatic rings. The number of carboxylic acid groups (broad SMARTS) is 1. The molecule has 1 heterocycles. The van der Waals surface area contributed by atoms with E-state index in [1.807, 2.05) is 19.1 Å². The van der Waals surface area contributed by atoms with Gasteiger partial charge in [0.2, 0.25) is 0 Å². The Labute approximate surface area is 171 Å². The van der Waals surface area contributed by atoms with E-state index in [1.54, 1.807) is 12.1 Å². The van der Waals surface area contributed by atoms with Gasteiger partial charge >= 0.3 is 5.63 Å². The Morgan fingerprint density at radius 1 is 1.24 bits per heavy atom. The Morgan fingerprint density at radius 2 is 1.97 bits per heavy atom. The van der Waals surface area contributed by atoms with Gasteiger partial charge in [-0.3, -0.25) is 0 Å². The van der Waals surface area contributed by atoms with Gasteiger partial charge in [-0.25, -0.2) is 4.79 Å². The van der Waals surface area contributed by atoms with Crippen molar-refractivity contribution < 1.29 is 19.1 Å². The molecule has 3 atom stereocenters. The number of carbonyl (C=O) groups is 1. The number of ether oxygens (including phenoxy) is 1. The summed E-state index contributed by atoms with van der Waals surface area (Å²) in [7, 11) is 0. The number of hydrogen-bond donors (Lipinski definition) is 0. The molecule has 1 aromatic heterocycles. The maximum Gasteiger partial charge on any atom is 0.336 e. The SMILES string of the molecule is CC(CCC(=O)[O-])=C1CC[C@@H](C)[C@H](C)[C@]1(C)COc1ccc2ccc(=O)oc2c1. The molecule has 0 bridgehead atoms. The lowest BCUT2D eigenvalue weighted by atomic mass is 9.60. The molecule has 156 valence electrons. The summed E-state index contributed by atoms with van der Waals surface area (Å²) in [6.07, 6.45) is 2.60. The van der Waals surface area contributed by atoms with E-state index in [1.165, 1.54) is 11.6 Å². The normalized spacial score (nSPS) is 26.3. The zero-order valence-corrected chi connectivity index (χ0v) is 17.6. The molecular formula is C24H29O5-. The molecule has 3 rings (SSSR count). The van der Waals surface area contributed by atoms with Crippen LogP contribution in [0.3, 0.4) is 0 Å². The van der Waals surface area contributed by atoms with Crippen molar-refractivity contribution in [2.75, 3.05) is 6.61 Å². The number of carbonyl (C=O) groups excluding carboxylic acids is 1. The van der Waals surface area contributed by atoms with Crippen LogP contribution in [0.25, 0.3) is 11.0 Å². The minimum atomic E-state index is -1.02. The predicted octanol–water partition coefficient (Wildman–Crippen LogP) is 4.09. The van der Waals surface area contributed by atoms with Crippen molar-refractivity contribution in [3.05, 3.63) is 51.9 Å². The Balaban J connectivity index is 1.87. The van der Waals surface area contributed by atoms with Crippen LogP contribution in [0.1, 0.15) is 53.4 Å². The molecule has 1 aromatic carbocycles. The van der Waals surface area contributed by atoms with Crippen LogP contribution in [0.15, 0.2) is 50.7 Å². The van der Waals surface area contributed by atoms with Crippen molar-refractivity contribution in [1.82, 2.24) is 0 Å². The first kappa shape index (κ1) is 21.2. The van der Waals surface area contributed by atoms with E-state index in [-0.39, 0.29) is 17.5 Å². The van der Waals surface area contributed by atoms with E-state index in [0.717, 1.165) is 23.8 Å². The van der Waals surface area contributed by atoms with Crippen LogP contribution in [-0.4, -0.2) is 12.6 Å². The molecule has 2 aromatic rings. The largest absolute Gasteiger partial charge is 0.550 e. The molecule has 0 amide bonds. The highest BCUT2D eigenvalue weighted by Crippen LogP contribution is 2.49. The molecule has 29 heavy (non-hydrogen) atoms. The second-order valence-electron chi connectivity index (χ2n) is 8.60. The van der Waals surface area contributed by atoms with Crippen molar-refractivity contribution in [2.45, 2.75) is 53.4 Å². The van der Waals surface area contributed by atoms with Crippen molar-refractivity contribution in [2.24, 2.45) is 17.3 Å². The molecule has 0 N–H and O–H groups in total. The highest BCUT2D eigenvalue weighted by molar-refractivity contribution is 5.77. The summed E-state index contributed by atoms with van der Waals surface area (Å²) < 4.78 is 11.5. The summed E-state index contributed by atoms with van der Waals surface area (Å²) in [6.45, 7) is 9.24. The highest BCUT2D eigenvalue weighted by Gasteiger charge is 2.42. The molecule has 1 fully saturated rings. The van der Waals surface area contributed by atoms with Crippen LogP contribution in [-0.2, 0) is 4.79 Å². The summed E-state index contributed by atoms with van der Waals surface area (Å²) in [6, 6.07) is 8.66. The van der Waals surface area contributed by atoms with Gasteiger partial charge in [0, 0.05) is 28.9 Å². The minimum Gasteiger partial charge on any atom is -0.550 e. The van der Waals surface area contributed by atoms with Gasteiger partial charge in [-0.05, 0) is 62.6 Å². The van der Waals surface area contributed by atoms with Crippen LogP contribution in [0.5, 0.6) is 5.75 Å². The number of hydrogen-bond acceptors (Lipinski definition) is 5. The third-order valence-corrected chi connectivity index (χ3v) is 6.75. The Hall–Kier alpha value is -2.56. The molecular weight excluding hydrogens is 368 g/mol. The first-order valence-electron chi connectivity index (χ1n) is 10.3. The van der Waals surface area contributed by atoms with Gasteiger partial charge in [0.25, 0.3) is 0 Å². The molecule has 5 heteroatoms. The second-order valence-corrected chi connectivity index (χ2v) is 8.60. The maximum absolute atomic E-state index is 11.5. The lowest BCUT2D eigenvalue weighted by Crippen LogP contribution is -2.41. The maximum atomic E-state index is 11.5. The van der Waals surface area contributed by atoms with Crippen molar-refractivity contribution in [1.29, 1.82) is 0 Å². The fourth-order valence-corrected chi connectivity index (χ4v) is 4.53. The molecule has 0 saturated heterocycles. The number of fused-ring (bicyclic) bond motifs is 1. The summed E-state index contributed by atoms with van der Waals surface area (Å²) in [5.74, 6) is 0.585. The third kappa shape index (κ3) is 4.55. The zero-order valence-electron chi connectivity index (χ0n) is 17.6. The van der Waals surface area contributed by atoms with Gasteiger partial charge in [-0.15, -0.1) is 0 Å². The number of carboxylic acids is 1. The Morgan fingerprint density at radius 3 is 2.69 bits per heavy atom. The molecule has 0 unspecified atom stereocenters. The van der Waals surface area contributed by atoms with E-state index in [0.29, 0.717) is 36.2 Å². The fourth-order valence-electron chi connectivity index (χ4n) is 4.53. The van der Waals surface area contributed by atoms with Gasteiger partial charge in [-0.2, -0.15) is 0 Å². The number of allylic oxidation sites excluding steroid dienone is 1. The molecule has 0 radical (unpaired) electrons. The van der Waals surface area contributed by atoms with E-state index in [9.17, 15) is 14.7 Å². The van der Waals surface area contributed by atoms with E-state index in [2.05, 4.69) is 20.8 Å². The van der Waals surface area contributed by atoms with Crippen molar-refractivity contribution >= 4 is 16.9 Å². The molecule has 5 nitrogen and oxygen atoms in total. The lowest BCUT2D eigenvalue weighted by Gasteiger charge is -2.46. The average molecular weight is 397 g/mol. The first-order valence-corrected chi connectivity index (χ1v) is 10.3. The molecule has 0 aliphatic heterocycles. The van der Waals surface area contributed by atoms with Crippen molar-refractivity contribution in [3.8, 4) is 5.75 Å². The molecule has 1 saturated carbocycles. The van der Waals surface area contributed by atoms with Gasteiger partial charge in [0.1, 0.15) is 11.3 Å². The monoisotopic (exact) mass is 397 g/mol. The fraction of sp³-hybridized carbons (Fsp3) is 0.500. The van der Waals surface area contributed by atoms with Gasteiger partial charge in [0.05, 0.1) is 6.61 Å². The number of aliphatic carboxylic acids is 1. The summed E-state index contributed by atoms with van der Waals surface area (Å²) in [4.78, 5) is 22.4. The van der Waals surface area contributed by atoms with Crippen LogP contribution < -0.4 is 15.5 Å². The van der Waals surface area contributed by atoms with Crippen LogP contribution >= 0.6 is 0 Å². The number of rotatable bonds is 6. The second kappa shape index (κ2) is 8.44. The molecule has 1 aliphatic carbocycles. The zero-order chi connectivity index (χ0) is 21.2. The van der Waals surface area contributed by atoms with E-state index in [4.69, 9.17) is 9.15 Å². The van der Waals surface area contributed by atoms with Crippen LogP contribution in [0.4, 0.5) is 0 Å². The summed E-state index contributed by atoms with van der Waals surface area (Å²) in [5.41, 5.74) is 2.36. The van der Waals surface area contributed by atoms with Crippen molar-refractivity contribution in [3.63, 3.8) is 0 Å².